The molecule has 1 aliphatic rings. The number of amides is 1. The Morgan fingerprint density at radius 3 is 2.77 bits per heavy atom. The SMILES string of the molecule is CC#CCn1c(N2CCNCC2)nc2nc(Oc3cccc(C(N)=O)c3)n(C)c(=O)c21. The summed E-state index contributed by atoms with van der Waals surface area (Å²) in [6, 6.07) is 6.45. The molecule has 0 radical (unpaired) electrons. The zero-order valence-corrected chi connectivity index (χ0v) is 17.4. The Kier molecular flexibility index (Phi) is 5.60. The number of benzene rings is 1. The number of hydrogen-bond acceptors (Lipinski definition) is 7. The quantitative estimate of drug-likeness (QED) is 0.574. The van der Waals surface area contributed by atoms with Crippen molar-refractivity contribution in [2.24, 2.45) is 12.8 Å². The van der Waals surface area contributed by atoms with Gasteiger partial charge in [-0.1, -0.05) is 12.0 Å². The van der Waals surface area contributed by atoms with Crippen LogP contribution in [-0.2, 0) is 13.6 Å². The second-order valence-corrected chi connectivity index (χ2v) is 7.09. The molecule has 0 aliphatic carbocycles. The van der Waals surface area contributed by atoms with E-state index in [4.69, 9.17) is 10.5 Å². The van der Waals surface area contributed by atoms with Crippen LogP contribution in [0.25, 0.3) is 11.2 Å². The topological polar surface area (TPSA) is 120 Å². The molecule has 10 heteroatoms. The summed E-state index contributed by atoms with van der Waals surface area (Å²) < 4.78 is 8.94. The van der Waals surface area contributed by atoms with Crippen LogP contribution in [0.2, 0.25) is 0 Å². The molecule has 0 spiro atoms. The van der Waals surface area contributed by atoms with E-state index >= 15 is 0 Å². The Labute approximate surface area is 178 Å². The largest absolute Gasteiger partial charge is 0.425 e. The maximum atomic E-state index is 13.2. The van der Waals surface area contributed by atoms with Crippen molar-refractivity contribution in [3.63, 3.8) is 0 Å². The minimum Gasteiger partial charge on any atom is -0.425 e. The van der Waals surface area contributed by atoms with Gasteiger partial charge in [0, 0.05) is 38.8 Å². The van der Waals surface area contributed by atoms with Gasteiger partial charge in [0.25, 0.3) is 5.56 Å². The first-order valence-corrected chi connectivity index (χ1v) is 9.90. The van der Waals surface area contributed by atoms with Crippen molar-refractivity contribution >= 4 is 23.0 Å². The monoisotopic (exact) mass is 421 g/mol. The Morgan fingerprint density at radius 1 is 1.29 bits per heavy atom. The molecular weight excluding hydrogens is 398 g/mol. The highest BCUT2D eigenvalue weighted by molar-refractivity contribution is 5.93. The van der Waals surface area contributed by atoms with Crippen molar-refractivity contribution in [3.05, 3.63) is 40.2 Å². The average Bonchev–Trinajstić information content (AvgIpc) is 3.15. The molecule has 0 unspecified atom stereocenters. The Balaban J connectivity index is 1.81. The Morgan fingerprint density at radius 2 is 2.06 bits per heavy atom. The van der Waals surface area contributed by atoms with Gasteiger partial charge in [-0.2, -0.15) is 9.97 Å². The van der Waals surface area contributed by atoms with Crippen LogP contribution in [-0.4, -0.2) is 51.2 Å². The van der Waals surface area contributed by atoms with E-state index in [9.17, 15) is 9.59 Å². The van der Waals surface area contributed by atoms with Crippen LogP contribution in [0.1, 0.15) is 17.3 Å². The molecule has 0 saturated carbocycles. The fourth-order valence-electron chi connectivity index (χ4n) is 3.45. The average molecular weight is 421 g/mol. The number of nitrogens with one attached hydrogen (secondary N) is 1. The van der Waals surface area contributed by atoms with Crippen molar-refractivity contribution in [2.45, 2.75) is 13.5 Å². The van der Waals surface area contributed by atoms with Crippen LogP contribution in [0, 0.1) is 11.8 Å². The first-order chi connectivity index (χ1) is 15.0. The van der Waals surface area contributed by atoms with E-state index in [0.717, 1.165) is 26.2 Å². The molecular formula is C21H23N7O3. The number of anilines is 1. The summed E-state index contributed by atoms with van der Waals surface area (Å²) in [5.74, 6) is 6.33. The number of rotatable bonds is 5. The summed E-state index contributed by atoms with van der Waals surface area (Å²) in [6.07, 6.45) is 0. The van der Waals surface area contributed by atoms with E-state index in [1.807, 2.05) is 4.57 Å². The highest BCUT2D eigenvalue weighted by atomic mass is 16.5. The van der Waals surface area contributed by atoms with E-state index in [0.29, 0.717) is 29.3 Å². The van der Waals surface area contributed by atoms with Gasteiger partial charge < -0.3 is 20.7 Å². The number of fused-ring (bicyclic) bond motifs is 1. The van der Waals surface area contributed by atoms with Gasteiger partial charge in [-0.25, -0.2) is 0 Å². The normalized spacial score (nSPS) is 13.7. The zero-order chi connectivity index (χ0) is 22.0. The molecule has 10 nitrogen and oxygen atoms in total. The zero-order valence-electron chi connectivity index (χ0n) is 17.4. The van der Waals surface area contributed by atoms with Crippen molar-refractivity contribution in [1.82, 2.24) is 24.4 Å². The molecule has 3 heterocycles. The highest BCUT2D eigenvalue weighted by Gasteiger charge is 2.23. The third kappa shape index (κ3) is 3.95. The van der Waals surface area contributed by atoms with Crippen molar-refractivity contribution in [3.8, 4) is 23.6 Å². The van der Waals surface area contributed by atoms with Crippen LogP contribution < -0.4 is 26.2 Å². The van der Waals surface area contributed by atoms with Crippen molar-refractivity contribution in [2.75, 3.05) is 31.1 Å². The lowest BCUT2D eigenvalue weighted by atomic mass is 10.2. The highest BCUT2D eigenvalue weighted by Crippen LogP contribution is 2.24. The minimum absolute atomic E-state index is 0.0669. The van der Waals surface area contributed by atoms with Crippen LogP contribution >= 0.6 is 0 Å². The second kappa shape index (κ2) is 8.49. The fourth-order valence-corrected chi connectivity index (χ4v) is 3.45. The summed E-state index contributed by atoms with van der Waals surface area (Å²) in [5, 5.41) is 3.31. The molecule has 0 atom stereocenters. The van der Waals surface area contributed by atoms with Crippen molar-refractivity contribution in [1.29, 1.82) is 0 Å². The number of hydrogen-bond donors (Lipinski definition) is 2. The maximum Gasteiger partial charge on any atom is 0.306 e. The number of carbonyl (C=O) groups excluding carboxylic acids is 1. The van der Waals surface area contributed by atoms with Crippen LogP contribution in [0.4, 0.5) is 5.95 Å². The molecule has 160 valence electrons. The summed E-state index contributed by atoms with van der Waals surface area (Å²) in [5.41, 5.74) is 6.00. The number of piperazine rings is 1. The van der Waals surface area contributed by atoms with Crippen molar-refractivity contribution < 1.29 is 9.53 Å². The first kappa shape index (κ1) is 20.4. The van der Waals surface area contributed by atoms with E-state index < -0.39 is 5.91 Å². The third-order valence-corrected chi connectivity index (χ3v) is 5.07. The van der Waals surface area contributed by atoms with Gasteiger partial charge in [-0.3, -0.25) is 18.7 Å². The Bertz CT molecular complexity index is 1260. The second-order valence-electron chi connectivity index (χ2n) is 7.09. The van der Waals surface area contributed by atoms with Crippen LogP contribution in [0.5, 0.6) is 11.8 Å². The van der Waals surface area contributed by atoms with Gasteiger partial charge in [0.2, 0.25) is 11.9 Å². The van der Waals surface area contributed by atoms with Gasteiger partial charge in [-0.15, -0.1) is 5.92 Å². The molecule has 31 heavy (non-hydrogen) atoms. The lowest BCUT2D eigenvalue weighted by Gasteiger charge is -2.28. The molecule has 3 aromatic rings. The first-order valence-electron chi connectivity index (χ1n) is 9.90. The van der Waals surface area contributed by atoms with E-state index in [-0.39, 0.29) is 17.2 Å². The van der Waals surface area contributed by atoms with E-state index in [1.54, 1.807) is 32.2 Å². The molecule has 1 aliphatic heterocycles. The minimum atomic E-state index is -0.570. The molecule has 1 amide bonds. The molecule has 0 bridgehead atoms. The number of ether oxygens (including phenoxy) is 1. The number of nitrogens with two attached hydrogens (primary N) is 1. The predicted octanol–water partition coefficient (Wildman–Crippen LogP) is 0.454. The number of aromatic nitrogens is 4. The Hall–Kier alpha value is -3.84. The number of carbonyl (C=O) groups is 1. The van der Waals surface area contributed by atoms with E-state index in [2.05, 4.69) is 32.0 Å². The fraction of sp³-hybridized carbons (Fsp3) is 0.333. The number of nitrogens with zero attached hydrogens (tertiary/aromatic N) is 5. The smallest absolute Gasteiger partial charge is 0.306 e. The molecule has 1 saturated heterocycles. The lowest BCUT2D eigenvalue weighted by molar-refractivity contribution is 0.1000. The summed E-state index contributed by atoms with van der Waals surface area (Å²) in [6.45, 7) is 5.30. The number of imidazole rings is 1. The van der Waals surface area contributed by atoms with Crippen LogP contribution in [0.3, 0.4) is 0 Å². The standard InChI is InChI=1S/C21H23N7O3/c1-3-4-10-28-16-18(24-20(28)27-11-8-23-9-12-27)25-21(26(2)19(16)30)31-15-7-5-6-14(13-15)17(22)29/h5-7,13,23H,8-12H2,1-2H3,(H2,22,29). The molecule has 4 rings (SSSR count). The summed E-state index contributed by atoms with van der Waals surface area (Å²) in [7, 11) is 1.58. The predicted molar refractivity (Wildman–Crippen MR) is 116 cm³/mol. The molecule has 1 aromatic carbocycles. The molecule has 2 aromatic heterocycles. The van der Waals surface area contributed by atoms with Crippen LogP contribution in [0.15, 0.2) is 29.1 Å². The maximum absolute atomic E-state index is 13.2. The lowest BCUT2D eigenvalue weighted by Crippen LogP contribution is -2.44. The molecule has 3 N–H and O–H groups in total. The van der Waals surface area contributed by atoms with E-state index in [1.165, 1.54) is 10.6 Å². The van der Waals surface area contributed by atoms with Gasteiger partial charge in [0.15, 0.2) is 11.2 Å². The van der Waals surface area contributed by atoms with Gasteiger partial charge in [0.1, 0.15) is 5.75 Å². The van der Waals surface area contributed by atoms with Gasteiger partial charge >= 0.3 is 6.01 Å². The van der Waals surface area contributed by atoms with Gasteiger partial charge in [0.05, 0.1) is 6.54 Å². The van der Waals surface area contributed by atoms with Gasteiger partial charge in [-0.05, 0) is 25.1 Å². The summed E-state index contributed by atoms with van der Waals surface area (Å²) in [4.78, 5) is 35.9. The third-order valence-electron chi connectivity index (χ3n) is 5.07. The molecule has 1 fully saturated rings. The summed E-state index contributed by atoms with van der Waals surface area (Å²) >= 11 is 0. The number of primary amides is 1.